The van der Waals surface area contributed by atoms with E-state index in [0.717, 1.165) is 6.20 Å². The van der Waals surface area contributed by atoms with Gasteiger partial charge in [-0.25, -0.2) is 9.59 Å². The molecule has 1 aromatic carbocycles. The number of aliphatic hydroxyl groups excluding tert-OH is 1. The Morgan fingerprint density at radius 1 is 1.20 bits per heavy atom. The highest BCUT2D eigenvalue weighted by molar-refractivity contribution is 6.15. The van der Waals surface area contributed by atoms with Crippen LogP contribution in [-0.2, 0) is 19.1 Å². The average molecular weight is 420 g/mol. The van der Waals surface area contributed by atoms with Gasteiger partial charge in [0.05, 0.1) is 11.5 Å². The number of esters is 2. The van der Waals surface area contributed by atoms with Crippen molar-refractivity contribution in [3.8, 4) is 0 Å². The van der Waals surface area contributed by atoms with Crippen molar-refractivity contribution in [2.24, 2.45) is 0 Å². The van der Waals surface area contributed by atoms with Crippen molar-refractivity contribution in [1.82, 2.24) is 4.90 Å². The molecule has 2 fully saturated rings. The Bertz CT molecular complexity index is 854. The highest BCUT2D eigenvalue weighted by Gasteiger charge is 2.39. The van der Waals surface area contributed by atoms with Crippen molar-refractivity contribution in [3.05, 3.63) is 40.1 Å². The Kier molecular flexibility index (Phi) is 6.22. The molecule has 0 unspecified atom stereocenters. The Labute approximate surface area is 173 Å². The molecule has 11 heteroatoms. The van der Waals surface area contributed by atoms with E-state index in [1.807, 2.05) is 4.90 Å². The van der Waals surface area contributed by atoms with Gasteiger partial charge in [-0.3, -0.25) is 15.0 Å². The molecule has 162 valence electrons. The van der Waals surface area contributed by atoms with Crippen LogP contribution in [-0.4, -0.2) is 72.0 Å². The van der Waals surface area contributed by atoms with Gasteiger partial charge in [-0.1, -0.05) is 0 Å². The van der Waals surface area contributed by atoms with Crippen LogP contribution in [0.25, 0.3) is 0 Å². The lowest BCUT2D eigenvalue weighted by Gasteiger charge is -2.35. The molecule has 0 bridgehead atoms. The number of hydrogen-bond donors (Lipinski definition) is 2. The van der Waals surface area contributed by atoms with Gasteiger partial charge in [0.2, 0.25) is 0 Å². The fourth-order valence-electron chi connectivity index (χ4n) is 3.31. The van der Waals surface area contributed by atoms with Crippen LogP contribution < -0.4 is 10.2 Å². The molecule has 1 aromatic rings. The summed E-state index contributed by atoms with van der Waals surface area (Å²) in [5, 5.41) is 23.4. The van der Waals surface area contributed by atoms with E-state index in [-0.39, 0.29) is 17.9 Å². The standard InChI is InChI=1S/C19H24N4O7/c1-19(2)29-17(25)14(18(26)30-19)12-20-13-3-4-15(16(11-13)23(27)28)22-7-5-21(6-8-22)9-10-24/h3-4,11-12,20,24H,5-10H2,1-2H3. The predicted molar refractivity (Wildman–Crippen MR) is 107 cm³/mol. The second-order valence-electron chi connectivity index (χ2n) is 7.39. The van der Waals surface area contributed by atoms with Crippen molar-refractivity contribution in [2.45, 2.75) is 19.6 Å². The van der Waals surface area contributed by atoms with Gasteiger partial charge < -0.3 is 24.8 Å². The number of piperazine rings is 1. The summed E-state index contributed by atoms with van der Waals surface area (Å²) >= 11 is 0. The molecule has 3 rings (SSSR count). The van der Waals surface area contributed by atoms with Crippen molar-refractivity contribution in [3.63, 3.8) is 0 Å². The number of β-amino-alcohol motifs (C(OH)–C–C–N with tert-alkyl or cyclic N) is 1. The molecule has 11 nitrogen and oxygen atoms in total. The van der Waals surface area contributed by atoms with E-state index >= 15 is 0 Å². The van der Waals surface area contributed by atoms with Gasteiger partial charge in [0.25, 0.3) is 11.5 Å². The summed E-state index contributed by atoms with van der Waals surface area (Å²) < 4.78 is 10.0. The molecular formula is C19H24N4O7. The van der Waals surface area contributed by atoms with Crippen LogP contribution in [0.4, 0.5) is 17.1 Å². The van der Waals surface area contributed by atoms with Gasteiger partial charge in [-0.15, -0.1) is 0 Å². The molecular weight excluding hydrogens is 396 g/mol. The number of nitro benzene ring substituents is 1. The predicted octanol–water partition coefficient (Wildman–Crippen LogP) is 0.841. The first-order valence-electron chi connectivity index (χ1n) is 9.50. The number of nitrogens with one attached hydrogen (secondary N) is 1. The first-order valence-corrected chi connectivity index (χ1v) is 9.50. The zero-order valence-electron chi connectivity index (χ0n) is 16.8. The van der Waals surface area contributed by atoms with Crippen LogP contribution in [0.1, 0.15) is 13.8 Å². The second kappa shape index (κ2) is 8.67. The number of anilines is 2. The summed E-state index contributed by atoms with van der Waals surface area (Å²) in [6, 6.07) is 4.60. The monoisotopic (exact) mass is 420 g/mol. The molecule has 2 saturated heterocycles. The van der Waals surface area contributed by atoms with Crippen molar-refractivity contribution >= 4 is 29.0 Å². The number of nitro groups is 1. The Morgan fingerprint density at radius 2 is 1.83 bits per heavy atom. The SMILES string of the molecule is CC1(C)OC(=O)C(=CNc2ccc(N3CCN(CCO)CC3)c([N+](=O)[O-])c2)C(=O)O1. The maximum Gasteiger partial charge on any atom is 0.350 e. The normalized spacial score (nSPS) is 19.2. The molecule has 0 radical (unpaired) electrons. The molecule has 2 N–H and O–H groups in total. The smallest absolute Gasteiger partial charge is 0.350 e. The van der Waals surface area contributed by atoms with Crippen LogP contribution in [0.3, 0.4) is 0 Å². The summed E-state index contributed by atoms with van der Waals surface area (Å²) in [4.78, 5) is 39.1. The minimum absolute atomic E-state index is 0.0780. The number of nitrogens with zero attached hydrogens (tertiary/aromatic N) is 3. The molecule has 0 aliphatic carbocycles. The summed E-state index contributed by atoms with van der Waals surface area (Å²) in [6.07, 6.45) is 1.12. The first kappa shape index (κ1) is 21.5. The number of aliphatic hydroxyl groups is 1. The highest BCUT2D eigenvalue weighted by atomic mass is 16.7. The maximum absolute atomic E-state index is 12.0. The molecule has 0 aromatic heterocycles. The van der Waals surface area contributed by atoms with Gasteiger partial charge >= 0.3 is 11.9 Å². The lowest BCUT2D eigenvalue weighted by atomic mass is 10.2. The quantitative estimate of drug-likeness (QED) is 0.224. The van der Waals surface area contributed by atoms with E-state index in [2.05, 4.69) is 10.2 Å². The van der Waals surface area contributed by atoms with Gasteiger partial charge in [0, 0.05) is 64.5 Å². The third-order valence-corrected chi connectivity index (χ3v) is 4.80. The summed E-state index contributed by atoms with van der Waals surface area (Å²) in [5.74, 6) is -3.01. The summed E-state index contributed by atoms with van der Waals surface area (Å²) in [7, 11) is 0. The van der Waals surface area contributed by atoms with E-state index in [0.29, 0.717) is 44.1 Å². The zero-order chi connectivity index (χ0) is 21.9. The Balaban J connectivity index is 1.75. The van der Waals surface area contributed by atoms with Crippen molar-refractivity contribution in [2.75, 3.05) is 49.5 Å². The Hall–Kier alpha value is -3.18. The number of hydrogen-bond acceptors (Lipinski definition) is 10. The first-order chi connectivity index (χ1) is 14.2. The largest absolute Gasteiger partial charge is 0.419 e. The van der Waals surface area contributed by atoms with E-state index in [4.69, 9.17) is 14.6 Å². The fourth-order valence-corrected chi connectivity index (χ4v) is 3.31. The van der Waals surface area contributed by atoms with Crippen LogP contribution in [0, 0.1) is 10.1 Å². The zero-order valence-corrected chi connectivity index (χ0v) is 16.8. The fraction of sp³-hybridized carbons (Fsp3) is 0.474. The number of carbonyl (C=O) groups excluding carboxylic acids is 2. The maximum atomic E-state index is 12.0. The molecule has 2 aliphatic rings. The third kappa shape index (κ3) is 4.86. The van der Waals surface area contributed by atoms with Crippen LogP contribution in [0.15, 0.2) is 30.0 Å². The van der Waals surface area contributed by atoms with Gasteiger partial charge in [-0.05, 0) is 12.1 Å². The molecule has 2 heterocycles. The number of rotatable bonds is 6. The number of benzene rings is 1. The van der Waals surface area contributed by atoms with Crippen LogP contribution in [0.5, 0.6) is 0 Å². The van der Waals surface area contributed by atoms with E-state index in [1.165, 1.54) is 19.9 Å². The number of cyclic esters (lactones) is 2. The Morgan fingerprint density at radius 3 is 2.40 bits per heavy atom. The highest BCUT2D eigenvalue weighted by Crippen LogP contribution is 2.32. The lowest BCUT2D eigenvalue weighted by molar-refractivity contribution is -0.384. The molecule has 0 amide bonds. The summed E-state index contributed by atoms with van der Waals surface area (Å²) in [5.41, 5.74) is 0.396. The van der Waals surface area contributed by atoms with Gasteiger partial charge in [0.1, 0.15) is 5.69 Å². The van der Waals surface area contributed by atoms with Crippen LogP contribution in [0.2, 0.25) is 0 Å². The third-order valence-electron chi connectivity index (χ3n) is 4.80. The lowest BCUT2D eigenvalue weighted by Crippen LogP contribution is -2.47. The topological polar surface area (TPSA) is 134 Å². The summed E-state index contributed by atoms with van der Waals surface area (Å²) in [6.45, 7) is 6.15. The molecule has 0 saturated carbocycles. The second-order valence-corrected chi connectivity index (χ2v) is 7.39. The number of carbonyl (C=O) groups is 2. The molecule has 30 heavy (non-hydrogen) atoms. The number of ether oxygens (including phenoxy) is 2. The average Bonchev–Trinajstić information content (AvgIpc) is 2.67. The van der Waals surface area contributed by atoms with Crippen molar-refractivity contribution in [1.29, 1.82) is 0 Å². The van der Waals surface area contributed by atoms with Crippen LogP contribution >= 0.6 is 0 Å². The van der Waals surface area contributed by atoms with E-state index in [9.17, 15) is 19.7 Å². The van der Waals surface area contributed by atoms with Gasteiger partial charge in [-0.2, -0.15) is 0 Å². The van der Waals surface area contributed by atoms with Gasteiger partial charge in [0.15, 0.2) is 5.57 Å². The minimum Gasteiger partial charge on any atom is -0.419 e. The minimum atomic E-state index is -1.34. The molecule has 0 spiro atoms. The van der Waals surface area contributed by atoms with Crippen molar-refractivity contribution < 1.29 is 29.1 Å². The molecule has 2 aliphatic heterocycles. The van der Waals surface area contributed by atoms with E-state index < -0.39 is 22.6 Å². The van der Waals surface area contributed by atoms with E-state index in [1.54, 1.807) is 12.1 Å². The molecule has 0 atom stereocenters.